The van der Waals surface area contributed by atoms with Gasteiger partial charge in [0, 0.05) is 11.6 Å². The number of benzene rings is 1. The molecule has 0 aliphatic rings. The molecular weight excluding hydrogens is 198 g/mol. The predicted molar refractivity (Wildman–Crippen MR) is 51.4 cm³/mol. The van der Waals surface area contributed by atoms with Crippen LogP contribution in [0.3, 0.4) is 0 Å². The van der Waals surface area contributed by atoms with Gasteiger partial charge >= 0.3 is 0 Å². The van der Waals surface area contributed by atoms with Crippen LogP contribution in [0.5, 0.6) is 0 Å². The van der Waals surface area contributed by atoms with Gasteiger partial charge in [-0.3, -0.25) is 4.79 Å². The second kappa shape index (κ2) is 3.05. The third-order valence-electron chi connectivity index (χ3n) is 1.89. The first-order valence-electron chi connectivity index (χ1n) is 4.05. The van der Waals surface area contributed by atoms with Crippen LogP contribution in [0.2, 0.25) is 0 Å². The summed E-state index contributed by atoms with van der Waals surface area (Å²) in [5.41, 5.74) is 11.1. The highest BCUT2D eigenvalue weighted by atomic mass is 16.5. The summed E-state index contributed by atoms with van der Waals surface area (Å²) in [5, 5.41) is 14.7. The number of amides is 1. The van der Waals surface area contributed by atoms with E-state index in [1.165, 1.54) is 18.2 Å². The van der Waals surface area contributed by atoms with Crippen molar-refractivity contribution in [2.45, 2.75) is 0 Å². The first kappa shape index (κ1) is 9.13. The van der Waals surface area contributed by atoms with E-state index >= 15 is 0 Å². The van der Waals surface area contributed by atoms with Crippen molar-refractivity contribution >= 4 is 22.9 Å². The summed E-state index contributed by atoms with van der Waals surface area (Å²) in [4.78, 5) is 15.0. The molecule has 2 rings (SSSR count). The van der Waals surface area contributed by atoms with Gasteiger partial charge in [0.15, 0.2) is 0 Å². The zero-order valence-electron chi connectivity index (χ0n) is 7.54. The zero-order valence-corrected chi connectivity index (χ0v) is 7.54. The number of anilines is 1. The number of hydrogen-bond acceptors (Lipinski definition) is 5. The molecule has 0 aliphatic carbocycles. The van der Waals surface area contributed by atoms with Crippen molar-refractivity contribution in [2.24, 2.45) is 5.73 Å². The van der Waals surface area contributed by atoms with Crippen LogP contribution < -0.4 is 16.3 Å². The van der Waals surface area contributed by atoms with Gasteiger partial charge < -0.3 is 16.7 Å². The Balaban J connectivity index is 2.76. The van der Waals surface area contributed by atoms with E-state index in [1.807, 2.05) is 0 Å². The third kappa shape index (κ3) is 1.50. The normalized spacial score (nSPS) is 10.4. The minimum atomic E-state index is -0.617. The predicted octanol–water partition coefficient (Wildman–Crippen LogP) is -1.06. The largest absolute Gasteiger partial charge is 0.594 e. The molecule has 0 saturated carbocycles. The van der Waals surface area contributed by atoms with Crippen LogP contribution in [0, 0.1) is 5.21 Å². The van der Waals surface area contributed by atoms with Crippen LogP contribution in [0.4, 0.5) is 5.95 Å². The Labute approximate surface area is 83.9 Å². The molecule has 7 nitrogen and oxygen atoms in total. The maximum absolute atomic E-state index is 11.3. The Kier molecular flexibility index (Phi) is 1.86. The zero-order chi connectivity index (χ0) is 11.0. The molecule has 0 radical (unpaired) electrons. The highest BCUT2D eigenvalue weighted by molar-refractivity contribution is 5.95. The lowest BCUT2D eigenvalue weighted by Crippen LogP contribution is -2.33. The molecule has 7 heteroatoms. The van der Waals surface area contributed by atoms with Gasteiger partial charge in [-0.25, -0.2) is 4.98 Å². The van der Waals surface area contributed by atoms with Gasteiger partial charge in [-0.15, -0.1) is 0 Å². The number of carbonyl (C=O) groups is 1. The van der Waals surface area contributed by atoms with E-state index < -0.39 is 5.91 Å². The lowest BCUT2D eigenvalue weighted by atomic mass is 10.2. The fraction of sp³-hybridized carbons (Fsp3) is 0. The Morgan fingerprint density at radius 2 is 2.20 bits per heavy atom. The molecule has 2 aromatic rings. The summed E-state index contributed by atoms with van der Waals surface area (Å²) in [6.45, 7) is 0. The number of nitrogens with zero attached hydrogens (tertiary/aromatic N) is 3. The molecule has 76 valence electrons. The Bertz CT molecular complexity index is 554. The van der Waals surface area contributed by atoms with E-state index in [0.717, 1.165) is 0 Å². The monoisotopic (exact) mass is 205 g/mol. The van der Waals surface area contributed by atoms with Crippen LogP contribution in [-0.4, -0.2) is 16.0 Å². The standard InChI is InChI=1S/C8H7N5O2/c9-7(14)4-1-2-5-6(3-4)13(15)12-8(10)11-5/h1-3H,(H2,9,14)(H2,10,11,12). The van der Waals surface area contributed by atoms with Crippen LogP contribution in [0.25, 0.3) is 11.0 Å². The summed E-state index contributed by atoms with van der Waals surface area (Å²) in [6.07, 6.45) is 0. The molecule has 1 heterocycles. The molecule has 0 fully saturated rings. The van der Waals surface area contributed by atoms with Crippen molar-refractivity contribution in [1.29, 1.82) is 0 Å². The van der Waals surface area contributed by atoms with Crippen molar-refractivity contribution in [2.75, 3.05) is 5.73 Å². The maximum atomic E-state index is 11.3. The van der Waals surface area contributed by atoms with Crippen LogP contribution in [0.15, 0.2) is 18.2 Å². The Hall–Kier alpha value is -2.44. The molecule has 0 atom stereocenters. The third-order valence-corrected chi connectivity index (χ3v) is 1.89. The molecule has 0 bridgehead atoms. The average molecular weight is 205 g/mol. The average Bonchev–Trinajstić information content (AvgIpc) is 2.16. The quantitative estimate of drug-likeness (QED) is 0.454. The first-order valence-corrected chi connectivity index (χ1v) is 4.05. The summed E-state index contributed by atoms with van der Waals surface area (Å²) in [6, 6.07) is 4.28. The molecule has 0 aliphatic heterocycles. The van der Waals surface area contributed by atoms with Crippen molar-refractivity contribution in [3.05, 3.63) is 29.0 Å². The number of fused-ring (bicyclic) bond motifs is 1. The van der Waals surface area contributed by atoms with Gasteiger partial charge in [-0.2, -0.15) is 0 Å². The number of carbonyl (C=O) groups excluding carboxylic acids is 1. The van der Waals surface area contributed by atoms with Crippen LogP contribution in [-0.2, 0) is 0 Å². The molecule has 15 heavy (non-hydrogen) atoms. The van der Waals surface area contributed by atoms with Crippen molar-refractivity contribution in [1.82, 2.24) is 10.1 Å². The molecule has 1 aromatic carbocycles. The summed E-state index contributed by atoms with van der Waals surface area (Å²) < 4.78 is 0. The lowest BCUT2D eigenvalue weighted by molar-refractivity contribution is -0.641. The van der Waals surface area contributed by atoms with Gasteiger partial charge in [0.05, 0.1) is 5.10 Å². The second-order valence-electron chi connectivity index (χ2n) is 2.91. The SMILES string of the molecule is NC(=O)c1ccc2nc(N)n[n+]([O-])c2c1. The second-order valence-corrected chi connectivity index (χ2v) is 2.91. The van der Waals surface area contributed by atoms with E-state index in [9.17, 15) is 10.0 Å². The smallest absolute Gasteiger partial charge is 0.288 e. The summed E-state index contributed by atoms with van der Waals surface area (Å²) in [5.74, 6) is -0.738. The number of primary amides is 1. The van der Waals surface area contributed by atoms with Crippen LogP contribution in [0.1, 0.15) is 10.4 Å². The summed E-state index contributed by atoms with van der Waals surface area (Å²) >= 11 is 0. The van der Waals surface area contributed by atoms with Gasteiger partial charge in [0.1, 0.15) is 5.52 Å². The number of nitrogen functional groups attached to an aromatic ring is 1. The molecule has 1 aromatic heterocycles. The van der Waals surface area contributed by atoms with Crippen LogP contribution >= 0.6 is 0 Å². The van der Waals surface area contributed by atoms with Gasteiger partial charge in [0.25, 0.3) is 11.5 Å². The van der Waals surface area contributed by atoms with E-state index in [2.05, 4.69) is 10.1 Å². The first-order chi connectivity index (χ1) is 7.08. The fourth-order valence-corrected chi connectivity index (χ4v) is 1.22. The van der Waals surface area contributed by atoms with Crippen molar-refractivity contribution in [3.8, 4) is 0 Å². The molecule has 0 saturated heterocycles. The van der Waals surface area contributed by atoms with E-state index in [0.29, 0.717) is 10.4 Å². The van der Waals surface area contributed by atoms with E-state index in [1.54, 1.807) is 0 Å². The van der Waals surface area contributed by atoms with Gasteiger partial charge in [-0.05, 0) is 17.0 Å². The molecular formula is C8H7N5O2. The fourth-order valence-electron chi connectivity index (χ4n) is 1.22. The Morgan fingerprint density at radius 3 is 2.87 bits per heavy atom. The molecule has 1 amide bonds. The van der Waals surface area contributed by atoms with Crippen molar-refractivity contribution < 1.29 is 9.64 Å². The van der Waals surface area contributed by atoms with Crippen molar-refractivity contribution in [3.63, 3.8) is 0 Å². The highest BCUT2D eigenvalue weighted by Crippen LogP contribution is 2.09. The topological polar surface area (TPSA) is 122 Å². The number of nitrogens with two attached hydrogens (primary N) is 2. The van der Waals surface area contributed by atoms with E-state index in [4.69, 9.17) is 11.5 Å². The minimum absolute atomic E-state index is 0.121. The minimum Gasteiger partial charge on any atom is -0.594 e. The number of aromatic nitrogens is 3. The van der Waals surface area contributed by atoms with Gasteiger partial charge in [0.2, 0.25) is 5.91 Å². The molecule has 4 N–H and O–H groups in total. The number of hydrogen-bond donors (Lipinski definition) is 2. The number of rotatable bonds is 1. The Morgan fingerprint density at radius 1 is 1.47 bits per heavy atom. The summed E-state index contributed by atoms with van der Waals surface area (Å²) in [7, 11) is 0. The molecule has 0 spiro atoms. The maximum Gasteiger partial charge on any atom is 0.288 e. The molecule has 0 unspecified atom stereocenters. The van der Waals surface area contributed by atoms with E-state index in [-0.39, 0.29) is 17.0 Å². The van der Waals surface area contributed by atoms with Gasteiger partial charge in [-0.1, -0.05) is 0 Å². The lowest BCUT2D eigenvalue weighted by Gasteiger charge is -2.00. The highest BCUT2D eigenvalue weighted by Gasteiger charge is 2.11.